The summed E-state index contributed by atoms with van der Waals surface area (Å²) in [5.41, 5.74) is -0.825. The Labute approximate surface area is 105 Å². The van der Waals surface area contributed by atoms with Crippen molar-refractivity contribution in [2.24, 2.45) is 0 Å². The molecule has 0 spiro atoms. The second-order valence-electron chi connectivity index (χ2n) is 3.49. The SMILES string of the molecule is CCOC(=O)c1cn(-c2c(F)cc(F)cc2F)nn1. The van der Waals surface area contributed by atoms with Gasteiger partial charge in [0, 0.05) is 12.1 Å². The van der Waals surface area contributed by atoms with Crippen molar-refractivity contribution in [2.75, 3.05) is 6.61 Å². The summed E-state index contributed by atoms with van der Waals surface area (Å²) in [6.45, 7) is 1.73. The van der Waals surface area contributed by atoms with Gasteiger partial charge in [0.2, 0.25) is 0 Å². The van der Waals surface area contributed by atoms with Crippen LogP contribution in [0.3, 0.4) is 0 Å². The van der Waals surface area contributed by atoms with Crippen molar-refractivity contribution >= 4 is 5.97 Å². The summed E-state index contributed by atoms with van der Waals surface area (Å²) in [5, 5.41) is 6.83. The summed E-state index contributed by atoms with van der Waals surface area (Å²) in [6, 6.07) is 1.01. The minimum absolute atomic E-state index is 0.130. The number of aromatic nitrogens is 3. The molecule has 0 aliphatic heterocycles. The molecule has 2 aromatic rings. The number of hydrogen-bond donors (Lipinski definition) is 0. The fraction of sp³-hybridized carbons (Fsp3) is 0.182. The van der Waals surface area contributed by atoms with Gasteiger partial charge in [-0.2, -0.15) is 0 Å². The lowest BCUT2D eigenvalue weighted by Gasteiger charge is -2.03. The van der Waals surface area contributed by atoms with Gasteiger partial charge in [0.05, 0.1) is 12.8 Å². The Balaban J connectivity index is 2.41. The van der Waals surface area contributed by atoms with Gasteiger partial charge in [-0.1, -0.05) is 5.21 Å². The largest absolute Gasteiger partial charge is 0.461 e. The number of hydrogen-bond acceptors (Lipinski definition) is 4. The summed E-state index contributed by atoms with van der Waals surface area (Å²) >= 11 is 0. The standard InChI is InChI=1S/C11H8F3N3O2/c1-2-19-11(18)9-5-17(16-15-9)10-7(13)3-6(12)4-8(10)14/h3-5H,2H2,1H3. The van der Waals surface area contributed by atoms with E-state index in [1.807, 2.05) is 0 Å². The normalized spacial score (nSPS) is 10.5. The first-order valence-electron chi connectivity index (χ1n) is 5.27. The molecule has 1 aromatic heterocycles. The first-order valence-corrected chi connectivity index (χ1v) is 5.27. The van der Waals surface area contributed by atoms with Crippen LogP contribution in [0.5, 0.6) is 0 Å². The third kappa shape index (κ3) is 2.56. The van der Waals surface area contributed by atoms with Crippen molar-refractivity contribution in [1.82, 2.24) is 15.0 Å². The lowest BCUT2D eigenvalue weighted by atomic mass is 10.3. The zero-order chi connectivity index (χ0) is 14.0. The summed E-state index contributed by atoms with van der Waals surface area (Å²) in [5.74, 6) is -4.13. The Morgan fingerprint density at radius 1 is 1.32 bits per heavy atom. The zero-order valence-corrected chi connectivity index (χ0v) is 9.73. The first-order chi connectivity index (χ1) is 9.02. The van der Waals surface area contributed by atoms with Gasteiger partial charge in [0.15, 0.2) is 17.3 Å². The van der Waals surface area contributed by atoms with E-state index >= 15 is 0 Å². The highest BCUT2D eigenvalue weighted by Crippen LogP contribution is 2.18. The molecule has 0 saturated carbocycles. The fourth-order valence-electron chi connectivity index (χ4n) is 1.43. The van der Waals surface area contributed by atoms with Crippen molar-refractivity contribution in [2.45, 2.75) is 6.92 Å². The third-order valence-electron chi connectivity index (χ3n) is 2.19. The summed E-state index contributed by atoms with van der Waals surface area (Å²) in [6.07, 6.45) is 0.997. The highest BCUT2D eigenvalue weighted by atomic mass is 19.1. The number of carbonyl (C=O) groups is 1. The Bertz CT molecular complexity index is 604. The smallest absolute Gasteiger partial charge is 0.360 e. The van der Waals surface area contributed by atoms with E-state index in [2.05, 4.69) is 15.0 Å². The van der Waals surface area contributed by atoms with Crippen LogP contribution in [-0.2, 0) is 4.74 Å². The Morgan fingerprint density at radius 3 is 2.53 bits per heavy atom. The molecule has 1 aromatic carbocycles. The number of esters is 1. The highest BCUT2D eigenvalue weighted by molar-refractivity contribution is 5.86. The Hall–Kier alpha value is -2.38. The average Bonchev–Trinajstić information content (AvgIpc) is 2.77. The van der Waals surface area contributed by atoms with E-state index in [0.717, 1.165) is 6.20 Å². The van der Waals surface area contributed by atoms with Crippen molar-refractivity contribution in [3.05, 3.63) is 41.5 Å². The minimum atomic E-state index is -1.15. The summed E-state index contributed by atoms with van der Waals surface area (Å²) in [7, 11) is 0. The highest BCUT2D eigenvalue weighted by Gasteiger charge is 2.18. The predicted molar refractivity (Wildman–Crippen MR) is 57.2 cm³/mol. The van der Waals surface area contributed by atoms with E-state index in [1.54, 1.807) is 6.92 Å². The molecule has 0 amide bonds. The molecule has 19 heavy (non-hydrogen) atoms. The van der Waals surface area contributed by atoms with Crippen LogP contribution >= 0.6 is 0 Å². The maximum atomic E-state index is 13.5. The molecule has 0 aliphatic carbocycles. The minimum Gasteiger partial charge on any atom is -0.461 e. The van der Waals surface area contributed by atoms with Gasteiger partial charge in [-0.3, -0.25) is 0 Å². The van der Waals surface area contributed by atoms with E-state index in [4.69, 9.17) is 0 Å². The molecule has 0 aliphatic rings. The van der Waals surface area contributed by atoms with Crippen LogP contribution in [0.25, 0.3) is 5.69 Å². The molecule has 8 heteroatoms. The van der Waals surface area contributed by atoms with Gasteiger partial charge in [0.25, 0.3) is 0 Å². The average molecular weight is 271 g/mol. The molecule has 0 fully saturated rings. The maximum Gasteiger partial charge on any atom is 0.360 e. The van der Waals surface area contributed by atoms with Crippen LogP contribution in [0.2, 0.25) is 0 Å². The zero-order valence-electron chi connectivity index (χ0n) is 9.73. The molecular weight excluding hydrogens is 263 g/mol. The number of rotatable bonds is 3. The molecule has 0 bridgehead atoms. The summed E-state index contributed by atoms with van der Waals surface area (Å²) < 4.78 is 45.1. The Kier molecular flexibility index (Phi) is 3.50. The topological polar surface area (TPSA) is 57.0 Å². The molecule has 0 atom stereocenters. The van der Waals surface area contributed by atoms with E-state index < -0.39 is 29.1 Å². The fourth-order valence-corrected chi connectivity index (χ4v) is 1.43. The molecule has 0 N–H and O–H groups in total. The van der Waals surface area contributed by atoms with Crippen molar-refractivity contribution < 1.29 is 22.7 Å². The van der Waals surface area contributed by atoms with Crippen LogP contribution in [0.1, 0.15) is 17.4 Å². The molecule has 1 heterocycles. The van der Waals surface area contributed by atoms with E-state index in [9.17, 15) is 18.0 Å². The van der Waals surface area contributed by atoms with Gasteiger partial charge in [0.1, 0.15) is 11.5 Å². The van der Waals surface area contributed by atoms with E-state index in [1.165, 1.54) is 0 Å². The van der Waals surface area contributed by atoms with Crippen LogP contribution < -0.4 is 0 Å². The van der Waals surface area contributed by atoms with Gasteiger partial charge < -0.3 is 4.74 Å². The van der Waals surface area contributed by atoms with Crippen LogP contribution in [0.15, 0.2) is 18.3 Å². The number of benzene rings is 1. The monoisotopic (exact) mass is 271 g/mol. The Morgan fingerprint density at radius 2 is 1.95 bits per heavy atom. The second kappa shape index (κ2) is 5.09. The summed E-state index contributed by atoms with van der Waals surface area (Å²) in [4.78, 5) is 11.3. The van der Waals surface area contributed by atoms with Gasteiger partial charge in [-0.05, 0) is 6.92 Å². The molecule has 0 radical (unpaired) electrons. The quantitative estimate of drug-likeness (QED) is 0.799. The van der Waals surface area contributed by atoms with Crippen LogP contribution in [0, 0.1) is 17.5 Å². The number of nitrogens with zero attached hydrogens (tertiary/aromatic N) is 3. The van der Waals surface area contributed by atoms with Crippen molar-refractivity contribution in [3.8, 4) is 5.69 Å². The number of ether oxygens (including phenoxy) is 1. The maximum absolute atomic E-state index is 13.5. The van der Waals surface area contributed by atoms with Crippen LogP contribution in [0.4, 0.5) is 13.2 Å². The molecule has 5 nitrogen and oxygen atoms in total. The molecule has 0 unspecified atom stereocenters. The molecular formula is C11H8F3N3O2. The second-order valence-corrected chi connectivity index (χ2v) is 3.49. The lowest BCUT2D eigenvalue weighted by Crippen LogP contribution is -2.05. The molecule has 0 saturated heterocycles. The third-order valence-corrected chi connectivity index (χ3v) is 2.19. The number of carbonyl (C=O) groups excluding carboxylic acids is 1. The van der Waals surface area contributed by atoms with Gasteiger partial charge >= 0.3 is 5.97 Å². The molecule has 100 valence electrons. The van der Waals surface area contributed by atoms with E-state index in [0.29, 0.717) is 16.8 Å². The van der Waals surface area contributed by atoms with Crippen LogP contribution in [-0.4, -0.2) is 27.6 Å². The predicted octanol–water partition coefficient (Wildman–Crippen LogP) is 1.86. The van der Waals surface area contributed by atoms with Gasteiger partial charge in [-0.25, -0.2) is 22.6 Å². The van der Waals surface area contributed by atoms with Gasteiger partial charge in [-0.15, -0.1) is 5.10 Å². The van der Waals surface area contributed by atoms with Crippen molar-refractivity contribution in [1.29, 1.82) is 0 Å². The first kappa shape index (κ1) is 13.1. The molecule has 2 rings (SSSR count). The number of halogens is 3. The lowest BCUT2D eigenvalue weighted by molar-refractivity contribution is 0.0519. The van der Waals surface area contributed by atoms with E-state index in [-0.39, 0.29) is 12.3 Å². The van der Waals surface area contributed by atoms with Crippen molar-refractivity contribution in [3.63, 3.8) is 0 Å².